The summed E-state index contributed by atoms with van der Waals surface area (Å²) in [6.45, 7) is 0. The van der Waals surface area contributed by atoms with Gasteiger partial charge in [-0.25, -0.2) is 97.3 Å². The first kappa shape index (κ1) is 127. The van der Waals surface area contributed by atoms with Crippen molar-refractivity contribution in [3.63, 3.8) is 0 Å². The first-order valence-corrected chi connectivity index (χ1v) is 43.4. The van der Waals surface area contributed by atoms with Crippen molar-refractivity contribution in [2.75, 3.05) is 0 Å². The fourth-order valence-electron chi connectivity index (χ4n) is 9.99. The maximum atomic E-state index is 13.9. The van der Waals surface area contributed by atoms with Crippen molar-refractivity contribution in [2.24, 2.45) is 50.4 Å². The molecule has 12 aromatic rings. The monoisotopic (exact) mass is 2190 g/mol. The number of aromatic nitrogens is 10. The standard InChI is InChI=1S/2C29H18Cl2F2N10O14S4.Co.9Na/c2*30-21-24(32)37-27(33)38-25(21)34-11-1-4-18(60(52,53)54)15(7-11)35-28-39-26(31)40-29(41-28)36-16-9-13(59(49,50)51)5-10-6-19(61(55,56)57)22(23(45)20(10)16)43-42-14-8-12(58(46,47)48)2-3-17(14)44;;;;;;;;;;/h2*1-9,44-45H,(H,34,37,38)(H,46,47,48)(H,49,50,51)(H,52,53,54)(H,55,56,57)(H2,35,36,39,40,41);;;;;;;;;;/q;;+3;9*+1/p-12. The molecule has 0 aliphatic carbocycles. The second-order valence-electron chi connectivity index (χ2n) is 23.1. The minimum absolute atomic E-state index is 0. The van der Waals surface area contributed by atoms with Crippen molar-refractivity contribution in [1.29, 1.82) is 0 Å². The number of H-pyrrole nitrogens is 6. The third-order valence-corrected chi connectivity index (χ3v) is 22.8. The van der Waals surface area contributed by atoms with Gasteiger partial charge in [0.2, 0.25) is 44.9 Å². The SMILES string of the molecule is O=S(=O)([O-])c1ccc([O-])c(N=Nc2c(S(=O)(=O)[O-])cc3cc(S(=O)(=O)[O-])cc(N=c4[nH]c(Cl)nc(=Nc5cc(N=c6[nH]c(F)nc(F)c6Cl)ccc5S(=O)(=O)[O-])[nH]4)c3c2[O-])c1.O=S(=O)([O-])c1ccc([O-])c(N=Nc2c(S(=O)(=O)[O-])cc3cc(S(=O)(=O)[O-])cc(N=c4[nH]c(Cl)nc(=Nc5cc(N=c6[nH]c(F)nc(F)c6Cl)ccc5S(=O)(=O)[O-])[nH]4)c3c2[O-])c1.[Co+3].[Na+].[Na+].[Na+].[Na+].[Na+].[Na+].[Na+].[Na+].[Na+]. The van der Waals surface area contributed by atoms with Crippen molar-refractivity contribution >= 4 is 206 Å². The zero-order valence-electron chi connectivity index (χ0n) is 66.7. The van der Waals surface area contributed by atoms with Crippen LogP contribution in [0, 0.1) is 24.1 Å². The normalized spacial score (nSPS) is 12.8. The molecule has 0 aliphatic heterocycles. The Bertz CT molecular complexity index is 7700. The number of nitrogens with one attached hydrogen (secondary N) is 6. The van der Waals surface area contributed by atoms with E-state index in [2.05, 4.69) is 90.3 Å². The van der Waals surface area contributed by atoms with E-state index in [1.165, 1.54) is 0 Å². The van der Waals surface area contributed by atoms with Crippen molar-refractivity contribution in [1.82, 2.24) is 49.8 Å². The van der Waals surface area contributed by atoms with Crippen LogP contribution in [0.1, 0.15) is 0 Å². The van der Waals surface area contributed by atoms with Crippen LogP contribution < -0.4 is 320 Å². The Balaban J connectivity index is 0.00000123. The number of rotatable bonds is 18. The zero-order chi connectivity index (χ0) is 90.0. The topological polar surface area (TPSA) is 820 Å². The number of benzene rings is 8. The summed E-state index contributed by atoms with van der Waals surface area (Å²) in [5, 5.41) is 60.0. The number of fused-ring (bicyclic) bond motifs is 2. The fraction of sp³-hybridized carbons (Fsp3) is 0. The van der Waals surface area contributed by atoms with Gasteiger partial charge in [0.05, 0.1) is 96.0 Å². The summed E-state index contributed by atoms with van der Waals surface area (Å²) >= 11 is 23.7. The molecule has 132 heavy (non-hydrogen) atoms. The molecule has 6 N–H and O–H groups in total. The van der Waals surface area contributed by atoms with Crippen molar-refractivity contribution in [3.05, 3.63) is 187 Å². The summed E-state index contributed by atoms with van der Waals surface area (Å²) in [5.41, 5.74) is -12.4. The molecule has 0 unspecified atom stereocenters. The minimum Gasteiger partial charge on any atom is -0.871 e. The van der Waals surface area contributed by atoms with Crippen LogP contribution in [0.3, 0.4) is 0 Å². The van der Waals surface area contributed by atoms with Crippen molar-refractivity contribution in [3.8, 4) is 23.0 Å². The second-order valence-corrected chi connectivity index (χ2v) is 35.4. The van der Waals surface area contributed by atoms with E-state index in [1.54, 1.807) is 0 Å². The number of aromatic amines is 6. The molecular weight excluding hydrogens is 2160 g/mol. The summed E-state index contributed by atoms with van der Waals surface area (Å²) in [5.74, 6) is -8.29. The molecule has 0 amide bonds. The Kier molecular flexibility index (Phi) is 48.5. The smallest absolute Gasteiger partial charge is 0.871 e. The summed E-state index contributed by atoms with van der Waals surface area (Å²) in [6, 6.07) is 10.8. The molecular formula is C58H24Cl4CoF4N20Na9O28S8. The molecule has 4 aromatic heterocycles. The van der Waals surface area contributed by atoms with Gasteiger partial charge in [-0.1, -0.05) is 58.3 Å². The van der Waals surface area contributed by atoms with E-state index in [0.29, 0.717) is 84.9 Å². The van der Waals surface area contributed by atoms with Gasteiger partial charge >= 0.3 is 283 Å². The Morgan fingerprint density at radius 3 is 0.902 bits per heavy atom. The van der Waals surface area contributed by atoms with E-state index in [-0.39, 0.29) is 294 Å². The molecule has 0 saturated heterocycles. The number of hydrogen-bond acceptors (Lipinski definition) is 42. The van der Waals surface area contributed by atoms with Crippen LogP contribution in [0.25, 0.3) is 21.5 Å². The van der Waals surface area contributed by atoms with Crippen LogP contribution in [0.15, 0.2) is 199 Å². The van der Waals surface area contributed by atoms with Crippen LogP contribution >= 0.6 is 46.4 Å². The Morgan fingerprint density at radius 1 is 0.303 bits per heavy atom. The van der Waals surface area contributed by atoms with Crippen molar-refractivity contribution in [2.45, 2.75) is 39.2 Å². The third-order valence-electron chi connectivity index (χ3n) is 15.0. The van der Waals surface area contributed by atoms with Gasteiger partial charge in [0.1, 0.15) is 91.0 Å². The summed E-state index contributed by atoms with van der Waals surface area (Å²) in [6.07, 6.45) is -2.91. The van der Waals surface area contributed by atoms with Crippen LogP contribution in [0.5, 0.6) is 23.0 Å². The van der Waals surface area contributed by atoms with Gasteiger partial charge < -0.3 is 66.8 Å². The first-order chi connectivity index (χ1) is 56.4. The van der Waals surface area contributed by atoms with Gasteiger partial charge in [0, 0.05) is 10.8 Å². The quantitative estimate of drug-likeness (QED) is 0.0116. The predicted octanol–water partition coefficient (Wildman–Crippen LogP) is -24.8. The molecule has 0 fully saturated rings. The summed E-state index contributed by atoms with van der Waals surface area (Å²) < 4.78 is 344. The largest absolute Gasteiger partial charge is 3.00 e. The van der Waals surface area contributed by atoms with Gasteiger partial charge in [0.15, 0.2) is 11.0 Å². The van der Waals surface area contributed by atoms with Crippen LogP contribution in [-0.4, -0.2) is 154 Å². The zero-order valence-corrected chi connectivity index (χ0v) is 95.3. The molecule has 0 aliphatic rings. The second kappa shape index (κ2) is 50.3. The van der Waals surface area contributed by atoms with Crippen LogP contribution in [-0.2, 0) is 97.7 Å². The number of azo groups is 2. The molecule has 4 heterocycles. The van der Waals surface area contributed by atoms with E-state index < -0.39 is 288 Å². The summed E-state index contributed by atoms with van der Waals surface area (Å²) in [4.78, 5) is 40.5. The van der Waals surface area contributed by atoms with Gasteiger partial charge in [-0.3, -0.25) is 19.9 Å². The molecule has 0 saturated carbocycles. The first-order valence-electron chi connectivity index (χ1n) is 30.6. The predicted molar refractivity (Wildman–Crippen MR) is 378 cm³/mol. The van der Waals surface area contributed by atoms with Gasteiger partial charge in [0.25, 0.3) is 12.2 Å². The number of halogens is 8. The molecule has 12 rings (SSSR count). The van der Waals surface area contributed by atoms with E-state index in [0.717, 1.165) is 24.3 Å². The number of hydrogen-bond donors (Lipinski definition) is 6. The molecule has 0 bridgehead atoms. The van der Waals surface area contributed by atoms with Crippen molar-refractivity contribution < 1.29 is 425 Å². The average molecular weight is 2190 g/mol. The van der Waals surface area contributed by atoms with Crippen LogP contribution in [0.2, 0.25) is 20.6 Å². The van der Waals surface area contributed by atoms with Gasteiger partial charge in [-0.2, -0.15) is 47.7 Å². The summed E-state index contributed by atoms with van der Waals surface area (Å²) in [7, 11) is -43.5. The Labute approximate surface area is 964 Å². The fourth-order valence-corrected chi connectivity index (χ4v) is 15.1. The molecule has 8 aromatic carbocycles. The molecule has 0 atom stereocenters. The Hall–Kier alpha value is -2.67. The molecule has 74 heteroatoms. The molecule has 48 nitrogen and oxygen atoms in total. The average Bonchev–Trinajstić information content (AvgIpc) is 0.746. The number of nitrogens with zero attached hydrogens (tertiary/aromatic N) is 14. The van der Waals surface area contributed by atoms with Crippen LogP contribution in [0.4, 0.5) is 74.4 Å². The molecule has 646 valence electrons. The van der Waals surface area contributed by atoms with E-state index in [9.17, 15) is 142 Å². The van der Waals surface area contributed by atoms with Gasteiger partial charge in [-0.15, -0.1) is 10.2 Å². The minimum atomic E-state index is -5.75. The third kappa shape index (κ3) is 32.2. The molecule has 0 radical (unpaired) electrons. The van der Waals surface area contributed by atoms with Gasteiger partial charge in [-0.05, 0) is 131 Å². The Morgan fingerprint density at radius 2 is 0.606 bits per heavy atom. The maximum absolute atomic E-state index is 13.9. The molecule has 0 spiro atoms. The van der Waals surface area contributed by atoms with E-state index >= 15 is 0 Å². The van der Waals surface area contributed by atoms with E-state index in [1.807, 2.05) is 9.97 Å². The maximum Gasteiger partial charge on any atom is 3.00 e. The van der Waals surface area contributed by atoms with E-state index in [4.69, 9.17) is 46.4 Å².